The summed E-state index contributed by atoms with van der Waals surface area (Å²) >= 11 is 6.55. The summed E-state index contributed by atoms with van der Waals surface area (Å²) in [6.45, 7) is 2.73. The molecule has 3 aromatic carbocycles. The van der Waals surface area contributed by atoms with Crippen LogP contribution in [0.1, 0.15) is 47.1 Å². The number of aryl methyl sites for hydroxylation is 1. The summed E-state index contributed by atoms with van der Waals surface area (Å²) in [5, 5.41) is 0.464. The molecular formula is C30H30ClF2N. The number of nitrogens with zero attached hydrogens (tertiary/aromatic N) is 1. The highest BCUT2D eigenvalue weighted by Gasteiger charge is 2.26. The Morgan fingerprint density at radius 2 is 1.71 bits per heavy atom. The summed E-state index contributed by atoms with van der Waals surface area (Å²) in [7, 11) is 0. The van der Waals surface area contributed by atoms with Crippen LogP contribution in [-0.4, -0.2) is 31.2 Å². The van der Waals surface area contributed by atoms with Crippen molar-refractivity contribution in [1.29, 1.82) is 0 Å². The maximum Gasteiger partial charge on any atom is 0.132 e. The Labute approximate surface area is 206 Å². The molecule has 0 radical (unpaired) electrons. The van der Waals surface area contributed by atoms with Gasteiger partial charge in [-0.1, -0.05) is 66.2 Å². The number of likely N-dealkylation sites (tertiary alicyclic amines) is 1. The van der Waals surface area contributed by atoms with Gasteiger partial charge in [0.1, 0.15) is 5.82 Å². The molecule has 0 N–H and O–H groups in total. The van der Waals surface area contributed by atoms with E-state index in [4.69, 9.17) is 11.6 Å². The monoisotopic (exact) mass is 477 g/mol. The Kier molecular flexibility index (Phi) is 7.12. The van der Waals surface area contributed by atoms with Gasteiger partial charge in [-0.2, -0.15) is 0 Å². The molecule has 0 unspecified atom stereocenters. The molecule has 176 valence electrons. The van der Waals surface area contributed by atoms with Crippen LogP contribution in [0.5, 0.6) is 0 Å². The van der Waals surface area contributed by atoms with Gasteiger partial charge in [0.25, 0.3) is 0 Å². The van der Waals surface area contributed by atoms with Crippen LogP contribution in [0.15, 0.2) is 66.7 Å². The highest BCUT2D eigenvalue weighted by atomic mass is 35.5. The Morgan fingerprint density at radius 1 is 0.912 bits per heavy atom. The summed E-state index contributed by atoms with van der Waals surface area (Å²) in [6, 6.07) is 22.2. The van der Waals surface area contributed by atoms with E-state index in [0.717, 1.165) is 62.0 Å². The molecule has 4 heteroatoms. The molecule has 0 aromatic heterocycles. The van der Waals surface area contributed by atoms with Gasteiger partial charge in [-0.05, 0) is 83.6 Å². The molecule has 0 amide bonds. The van der Waals surface area contributed by atoms with E-state index in [0.29, 0.717) is 22.9 Å². The molecule has 1 heterocycles. The molecule has 1 aliphatic carbocycles. The lowest BCUT2D eigenvalue weighted by Gasteiger charge is -2.39. The third kappa shape index (κ3) is 4.82. The van der Waals surface area contributed by atoms with E-state index in [1.54, 1.807) is 12.1 Å². The van der Waals surface area contributed by atoms with Crippen molar-refractivity contribution >= 4 is 22.7 Å². The van der Waals surface area contributed by atoms with Crippen LogP contribution < -0.4 is 0 Å². The van der Waals surface area contributed by atoms with Crippen LogP contribution in [0.4, 0.5) is 8.78 Å². The Balaban J connectivity index is 1.48. The molecule has 5 rings (SSSR count). The van der Waals surface area contributed by atoms with Crippen molar-refractivity contribution in [3.8, 4) is 0 Å². The van der Waals surface area contributed by atoms with Gasteiger partial charge in [0.05, 0.1) is 11.7 Å². The highest BCUT2D eigenvalue weighted by molar-refractivity contribution is 6.32. The fourth-order valence-corrected chi connectivity index (χ4v) is 5.78. The largest absolute Gasteiger partial charge is 0.303 e. The Morgan fingerprint density at radius 3 is 2.47 bits per heavy atom. The van der Waals surface area contributed by atoms with Gasteiger partial charge in [0, 0.05) is 25.2 Å². The zero-order chi connectivity index (χ0) is 23.5. The highest BCUT2D eigenvalue weighted by Crippen LogP contribution is 2.42. The minimum Gasteiger partial charge on any atom is -0.303 e. The molecule has 0 bridgehead atoms. The Bertz CT molecular complexity index is 1160. The number of allylic oxidation sites excluding steroid dienone is 1. The summed E-state index contributed by atoms with van der Waals surface area (Å²) in [6.07, 6.45) is 4.37. The number of alkyl halides is 1. The topological polar surface area (TPSA) is 3.24 Å². The molecular weight excluding hydrogens is 448 g/mol. The molecule has 3 aromatic rings. The minimum atomic E-state index is -0.265. The van der Waals surface area contributed by atoms with E-state index in [1.165, 1.54) is 22.8 Å². The zero-order valence-electron chi connectivity index (χ0n) is 19.4. The second-order valence-corrected chi connectivity index (χ2v) is 9.94. The summed E-state index contributed by atoms with van der Waals surface area (Å²) in [5.41, 5.74) is 7.49. The predicted molar refractivity (Wildman–Crippen MR) is 137 cm³/mol. The van der Waals surface area contributed by atoms with Crippen molar-refractivity contribution in [2.75, 3.05) is 26.3 Å². The lowest BCUT2D eigenvalue weighted by Crippen LogP contribution is -2.47. The van der Waals surface area contributed by atoms with Gasteiger partial charge in [-0.25, -0.2) is 4.39 Å². The van der Waals surface area contributed by atoms with Crippen LogP contribution in [0, 0.1) is 11.7 Å². The average molecular weight is 478 g/mol. The first kappa shape index (κ1) is 23.3. The summed E-state index contributed by atoms with van der Waals surface area (Å²) in [4.78, 5) is 2.33. The third-order valence-electron chi connectivity index (χ3n) is 7.13. The average Bonchev–Trinajstić information content (AvgIpc) is 3.00. The predicted octanol–water partition coefficient (Wildman–Crippen LogP) is 7.61. The second-order valence-electron chi connectivity index (χ2n) is 9.53. The first-order valence-corrected chi connectivity index (χ1v) is 12.7. The molecule has 0 saturated carbocycles. The second kappa shape index (κ2) is 10.4. The first-order valence-electron chi connectivity index (χ1n) is 12.3. The van der Waals surface area contributed by atoms with E-state index < -0.39 is 0 Å². The van der Waals surface area contributed by atoms with E-state index >= 15 is 4.39 Å². The van der Waals surface area contributed by atoms with Gasteiger partial charge in [0.15, 0.2) is 0 Å². The maximum atomic E-state index is 15.1. The number of rotatable bonds is 7. The lowest BCUT2D eigenvalue weighted by molar-refractivity contribution is 0.0968. The molecule has 1 fully saturated rings. The SMILES string of the molecule is FCCCN1CC(Cc2ccc(C3=C(c4c(F)cccc4Cl)CCCc4ccccc43)cc2)C1. The molecule has 1 nitrogen and oxygen atoms in total. The van der Waals surface area contributed by atoms with Crippen LogP contribution in [-0.2, 0) is 12.8 Å². The quantitative estimate of drug-likeness (QED) is 0.338. The normalized spacial score (nSPS) is 16.8. The summed E-state index contributed by atoms with van der Waals surface area (Å²) in [5.74, 6) is 0.370. The zero-order valence-corrected chi connectivity index (χ0v) is 20.1. The smallest absolute Gasteiger partial charge is 0.132 e. The van der Waals surface area contributed by atoms with E-state index in [-0.39, 0.29) is 12.5 Å². The first-order chi connectivity index (χ1) is 16.6. The van der Waals surface area contributed by atoms with Crippen LogP contribution in [0.3, 0.4) is 0 Å². The van der Waals surface area contributed by atoms with Crippen molar-refractivity contribution < 1.29 is 8.78 Å². The fraction of sp³-hybridized carbons (Fsp3) is 0.333. The molecule has 34 heavy (non-hydrogen) atoms. The van der Waals surface area contributed by atoms with Gasteiger partial charge < -0.3 is 4.90 Å². The molecule has 0 atom stereocenters. The minimum absolute atomic E-state index is 0.234. The maximum absolute atomic E-state index is 15.1. The number of fused-ring (bicyclic) bond motifs is 1. The van der Waals surface area contributed by atoms with Gasteiger partial charge >= 0.3 is 0 Å². The van der Waals surface area contributed by atoms with Gasteiger partial charge in [0.2, 0.25) is 0 Å². The summed E-state index contributed by atoms with van der Waals surface area (Å²) < 4.78 is 27.4. The standard InChI is InChI=1S/C30H30ClF2N/c31-27-10-4-11-28(33)30(27)26-9-3-7-23-6-1-2-8-25(23)29(26)24-14-12-21(13-15-24)18-22-19-34(20-22)17-5-16-32/h1-2,4,6,8,10-15,22H,3,5,7,9,16-20H2. The van der Waals surface area contributed by atoms with Crippen molar-refractivity contribution in [3.05, 3.63) is 105 Å². The van der Waals surface area contributed by atoms with Crippen molar-refractivity contribution in [2.45, 2.75) is 32.1 Å². The van der Waals surface area contributed by atoms with Crippen LogP contribution in [0.2, 0.25) is 5.02 Å². The number of halogens is 3. The molecule has 1 aliphatic heterocycles. The van der Waals surface area contributed by atoms with E-state index in [1.807, 2.05) is 0 Å². The van der Waals surface area contributed by atoms with Crippen molar-refractivity contribution in [1.82, 2.24) is 4.90 Å². The third-order valence-corrected chi connectivity index (χ3v) is 7.45. The van der Waals surface area contributed by atoms with Crippen molar-refractivity contribution in [3.63, 3.8) is 0 Å². The van der Waals surface area contributed by atoms with Crippen molar-refractivity contribution in [2.24, 2.45) is 5.92 Å². The fourth-order valence-electron chi connectivity index (χ4n) is 5.50. The van der Waals surface area contributed by atoms with Crippen LogP contribution in [0.25, 0.3) is 11.1 Å². The number of hydrogen-bond acceptors (Lipinski definition) is 1. The van der Waals surface area contributed by atoms with Gasteiger partial charge in [-0.3, -0.25) is 4.39 Å². The van der Waals surface area contributed by atoms with Crippen LogP contribution >= 0.6 is 11.6 Å². The number of hydrogen-bond donors (Lipinski definition) is 0. The molecule has 0 spiro atoms. The van der Waals surface area contributed by atoms with E-state index in [2.05, 4.69) is 53.4 Å². The lowest BCUT2D eigenvalue weighted by atomic mass is 9.86. The Hall–Kier alpha value is -2.49. The number of benzene rings is 3. The van der Waals surface area contributed by atoms with Gasteiger partial charge in [-0.15, -0.1) is 0 Å². The van der Waals surface area contributed by atoms with E-state index in [9.17, 15) is 4.39 Å². The molecule has 2 aliphatic rings. The molecule has 1 saturated heterocycles.